The van der Waals surface area contributed by atoms with E-state index < -0.39 is 10.8 Å². The predicted octanol–water partition coefficient (Wildman–Crippen LogP) is 17.0. The van der Waals surface area contributed by atoms with Crippen LogP contribution in [0.1, 0.15) is 44.5 Å². The highest BCUT2D eigenvalue weighted by Crippen LogP contribution is 2.68. The molecule has 0 atom stereocenters. The van der Waals surface area contributed by atoms with Crippen molar-refractivity contribution in [1.29, 1.82) is 0 Å². The zero-order valence-electron chi connectivity index (χ0n) is 38.3. The average molecular weight is 889 g/mol. The van der Waals surface area contributed by atoms with Gasteiger partial charge in [0.2, 0.25) is 0 Å². The molecule has 15 rings (SSSR count). The smallest absolute Gasteiger partial charge is 0.0720 e. The Morgan fingerprint density at radius 1 is 0.257 bits per heavy atom. The summed E-state index contributed by atoms with van der Waals surface area (Å²) >= 11 is 0. The van der Waals surface area contributed by atoms with Gasteiger partial charge < -0.3 is 9.47 Å². The van der Waals surface area contributed by atoms with Crippen LogP contribution in [-0.4, -0.2) is 4.57 Å². The van der Waals surface area contributed by atoms with Crippen molar-refractivity contribution in [3.05, 3.63) is 311 Å². The van der Waals surface area contributed by atoms with E-state index in [0.29, 0.717) is 0 Å². The van der Waals surface area contributed by atoms with Crippen LogP contribution < -0.4 is 4.90 Å². The van der Waals surface area contributed by atoms with Crippen molar-refractivity contribution in [2.75, 3.05) is 4.90 Å². The van der Waals surface area contributed by atoms with Crippen LogP contribution >= 0.6 is 0 Å². The second kappa shape index (κ2) is 14.8. The van der Waals surface area contributed by atoms with E-state index in [1.807, 2.05) is 0 Å². The Kier molecular flexibility index (Phi) is 8.24. The van der Waals surface area contributed by atoms with Gasteiger partial charge >= 0.3 is 0 Å². The monoisotopic (exact) mass is 888 g/mol. The summed E-state index contributed by atoms with van der Waals surface area (Å²) in [4.78, 5) is 2.50. The number of rotatable bonds is 5. The molecule has 0 bridgehead atoms. The Morgan fingerprint density at radius 2 is 0.686 bits per heavy atom. The van der Waals surface area contributed by atoms with Crippen molar-refractivity contribution >= 4 is 38.9 Å². The minimum atomic E-state index is -0.614. The Balaban J connectivity index is 1.06. The van der Waals surface area contributed by atoms with Gasteiger partial charge in [-0.15, -0.1) is 0 Å². The maximum absolute atomic E-state index is 2.57. The molecular formula is C68H44N2. The van der Waals surface area contributed by atoms with Gasteiger partial charge in [0.15, 0.2) is 0 Å². The molecule has 12 aromatic rings. The predicted molar refractivity (Wildman–Crippen MR) is 289 cm³/mol. The number of benzene rings is 11. The largest absolute Gasteiger partial charge is 0.310 e. The summed E-state index contributed by atoms with van der Waals surface area (Å²) < 4.78 is 2.40. The highest BCUT2D eigenvalue weighted by Gasteiger charge is 2.59. The number of aromatic nitrogens is 1. The summed E-state index contributed by atoms with van der Waals surface area (Å²) in [7, 11) is 0. The molecule has 0 aliphatic heterocycles. The fourth-order valence-electron chi connectivity index (χ4n) is 13.2. The average Bonchev–Trinajstić information content (AvgIpc) is 4.04. The second-order valence-electron chi connectivity index (χ2n) is 19.1. The van der Waals surface area contributed by atoms with Crippen molar-refractivity contribution < 1.29 is 0 Å². The fraction of sp³-hybridized carbons (Fsp3) is 0.0294. The van der Waals surface area contributed by atoms with Crippen LogP contribution in [0, 0.1) is 0 Å². The molecule has 1 heterocycles. The minimum absolute atomic E-state index is 0.564. The normalized spacial score (nSPS) is 13.9. The molecule has 1 aromatic heterocycles. The Bertz CT molecular complexity index is 3990. The van der Waals surface area contributed by atoms with E-state index >= 15 is 0 Å². The van der Waals surface area contributed by atoms with Gasteiger partial charge in [-0.2, -0.15) is 0 Å². The van der Waals surface area contributed by atoms with Crippen LogP contribution in [-0.2, 0) is 10.8 Å². The van der Waals surface area contributed by atoms with Gasteiger partial charge in [0.05, 0.1) is 21.9 Å². The van der Waals surface area contributed by atoms with Crippen molar-refractivity contribution in [2.24, 2.45) is 0 Å². The number of fused-ring (bicyclic) bond motifs is 19. The minimum Gasteiger partial charge on any atom is -0.310 e. The molecule has 0 unspecified atom stereocenters. The van der Waals surface area contributed by atoms with E-state index in [-0.39, 0.29) is 0 Å². The summed E-state index contributed by atoms with van der Waals surface area (Å²) in [5.41, 5.74) is 23.8. The molecule has 3 aliphatic carbocycles. The zero-order valence-corrected chi connectivity index (χ0v) is 38.3. The van der Waals surface area contributed by atoms with Crippen molar-refractivity contribution in [3.8, 4) is 39.1 Å². The molecule has 326 valence electrons. The van der Waals surface area contributed by atoms with Crippen molar-refractivity contribution in [2.45, 2.75) is 10.8 Å². The lowest BCUT2D eigenvalue weighted by Crippen LogP contribution is -2.43. The Labute approximate surface area is 407 Å². The molecule has 0 radical (unpaired) electrons. The van der Waals surface area contributed by atoms with E-state index in [9.17, 15) is 0 Å². The van der Waals surface area contributed by atoms with Gasteiger partial charge in [0, 0.05) is 33.5 Å². The number of hydrogen-bond donors (Lipinski definition) is 0. The van der Waals surface area contributed by atoms with E-state index in [1.54, 1.807) is 0 Å². The maximum Gasteiger partial charge on any atom is 0.0720 e. The summed E-state index contributed by atoms with van der Waals surface area (Å²) in [6.07, 6.45) is 0. The Hall–Kier alpha value is -8.98. The molecule has 0 fully saturated rings. The Morgan fingerprint density at radius 3 is 1.30 bits per heavy atom. The standard InChI is InChI=1S/C68H44N2/c1-3-20-45(21-4-1)46-22-19-25-48(42-46)69(49-39-41-66-56(43-49)55-30-11-18-37-65(55)70(66)47-23-5-2-6-24-47)50-38-40-63-64(44-50)68(59-33-14-9-28-53(59)54-29-10-15-34-60(54)68)62-36-17-16-35-61(62)67(63)57-31-12-7-26-51(57)52-27-8-13-32-58(52)67/h1-44H. The molecule has 2 nitrogen and oxygen atoms in total. The third-order valence-corrected chi connectivity index (χ3v) is 15.8. The third kappa shape index (κ3) is 5.12. The number of nitrogens with zero attached hydrogens (tertiary/aromatic N) is 2. The molecule has 70 heavy (non-hydrogen) atoms. The molecule has 0 saturated carbocycles. The highest BCUT2D eigenvalue weighted by atomic mass is 15.1. The molecular weight excluding hydrogens is 845 g/mol. The lowest BCUT2D eigenvalue weighted by Gasteiger charge is -2.49. The molecule has 3 aliphatic rings. The first-order valence-corrected chi connectivity index (χ1v) is 24.4. The van der Waals surface area contributed by atoms with E-state index in [2.05, 4.69) is 276 Å². The van der Waals surface area contributed by atoms with Gasteiger partial charge in [0.1, 0.15) is 0 Å². The van der Waals surface area contributed by atoms with Crippen LogP contribution in [0.3, 0.4) is 0 Å². The van der Waals surface area contributed by atoms with Gasteiger partial charge in [-0.05, 0) is 139 Å². The molecule has 0 N–H and O–H groups in total. The van der Waals surface area contributed by atoms with Crippen LogP contribution in [0.25, 0.3) is 60.9 Å². The third-order valence-electron chi connectivity index (χ3n) is 15.8. The van der Waals surface area contributed by atoms with Crippen LogP contribution in [0.15, 0.2) is 267 Å². The lowest BCUT2D eigenvalue weighted by molar-refractivity contribution is 0.633. The van der Waals surface area contributed by atoms with Gasteiger partial charge in [-0.3, -0.25) is 0 Å². The van der Waals surface area contributed by atoms with Crippen molar-refractivity contribution in [3.63, 3.8) is 0 Å². The van der Waals surface area contributed by atoms with Crippen LogP contribution in [0.5, 0.6) is 0 Å². The first kappa shape index (κ1) is 39.1. The first-order valence-electron chi connectivity index (χ1n) is 24.4. The zero-order chi connectivity index (χ0) is 46.0. The number of para-hydroxylation sites is 2. The summed E-state index contributed by atoms with van der Waals surface area (Å²) in [6, 6.07) is 100. The first-order chi connectivity index (χ1) is 34.7. The summed E-state index contributed by atoms with van der Waals surface area (Å²) in [5.74, 6) is 0. The number of hydrogen-bond acceptors (Lipinski definition) is 1. The van der Waals surface area contributed by atoms with Crippen LogP contribution in [0.4, 0.5) is 17.1 Å². The molecule has 0 amide bonds. The van der Waals surface area contributed by atoms with Gasteiger partial charge in [-0.25, -0.2) is 0 Å². The van der Waals surface area contributed by atoms with Gasteiger partial charge in [0.25, 0.3) is 0 Å². The maximum atomic E-state index is 2.57. The lowest BCUT2D eigenvalue weighted by atomic mass is 9.52. The second-order valence-corrected chi connectivity index (χ2v) is 19.1. The summed E-state index contributed by atoms with van der Waals surface area (Å²) in [6.45, 7) is 0. The van der Waals surface area contributed by atoms with Crippen LogP contribution in [0.2, 0.25) is 0 Å². The van der Waals surface area contributed by atoms with E-state index in [1.165, 1.54) is 99.7 Å². The SMILES string of the molecule is c1ccc(-c2cccc(N(c3ccc4c(c3)C3(c5ccccc5-c5ccccc53)c3ccccc3C43c4ccccc4-c4ccccc43)c3ccc4c(c3)c3ccccc3n4-c3ccccc3)c2)cc1. The van der Waals surface area contributed by atoms with E-state index in [4.69, 9.17) is 0 Å². The molecule has 0 saturated heterocycles. The highest BCUT2D eigenvalue weighted by molar-refractivity contribution is 6.11. The quantitative estimate of drug-likeness (QED) is 0.167. The molecule has 11 aromatic carbocycles. The van der Waals surface area contributed by atoms with E-state index in [0.717, 1.165) is 22.7 Å². The number of anilines is 3. The topological polar surface area (TPSA) is 8.17 Å². The van der Waals surface area contributed by atoms with Gasteiger partial charge in [-0.1, -0.05) is 206 Å². The molecule has 2 spiro atoms. The van der Waals surface area contributed by atoms with Crippen molar-refractivity contribution in [1.82, 2.24) is 4.57 Å². The summed E-state index contributed by atoms with van der Waals surface area (Å²) in [5, 5.41) is 2.43. The molecule has 2 heteroatoms. The fourth-order valence-corrected chi connectivity index (χ4v) is 13.2.